The van der Waals surface area contributed by atoms with E-state index in [0.717, 1.165) is 111 Å². The minimum absolute atomic E-state index is 0.162. The van der Waals surface area contributed by atoms with Crippen LogP contribution in [0.25, 0.3) is 11.3 Å². The normalized spacial score (nSPS) is 19.9. The Morgan fingerprint density at radius 1 is 0.915 bits per heavy atom. The zero-order valence-corrected chi connectivity index (χ0v) is 34.9. The van der Waals surface area contributed by atoms with E-state index >= 15 is 0 Å². The first kappa shape index (κ1) is 41.5. The zero-order valence-electron chi connectivity index (χ0n) is 34.9. The van der Waals surface area contributed by atoms with E-state index in [-0.39, 0.29) is 30.1 Å². The van der Waals surface area contributed by atoms with Gasteiger partial charge in [-0.25, -0.2) is 9.48 Å². The van der Waals surface area contributed by atoms with Gasteiger partial charge in [-0.05, 0) is 81.5 Å². The highest BCUT2D eigenvalue weighted by Crippen LogP contribution is 2.39. The Kier molecular flexibility index (Phi) is 13.0. The van der Waals surface area contributed by atoms with Crippen LogP contribution in [0.5, 0.6) is 11.5 Å². The summed E-state index contributed by atoms with van der Waals surface area (Å²) in [6.07, 6.45) is 6.87. The molecule has 5 aromatic rings. The van der Waals surface area contributed by atoms with Crippen LogP contribution in [0.3, 0.4) is 0 Å². The Hall–Kier alpha value is -5.67. The molecule has 15 nitrogen and oxygen atoms in total. The predicted octanol–water partition coefficient (Wildman–Crippen LogP) is 6.70. The fourth-order valence-electron chi connectivity index (χ4n) is 8.12. The fraction of sp³-hybridized carbons (Fsp3) is 0.477. The molecule has 8 rings (SSSR count). The van der Waals surface area contributed by atoms with Crippen LogP contribution in [-0.4, -0.2) is 111 Å². The minimum atomic E-state index is -0.289. The monoisotopic (exact) mass is 806 g/mol. The molecule has 3 N–H and O–H groups in total. The Labute approximate surface area is 346 Å². The maximum Gasteiger partial charge on any atom is 0.320 e. The molecule has 0 spiro atoms. The number of ether oxygens (including phenoxy) is 2. The van der Waals surface area contributed by atoms with Gasteiger partial charge in [-0.2, -0.15) is 5.10 Å². The van der Waals surface area contributed by atoms with Crippen LogP contribution in [-0.2, 0) is 10.2 Å². The van der Waals surface area contributed by atoms with Gasteiger partial charge in [-0.3, -0.25) is 19.4 Å². The number of aromatic nitrogens is 5. The highest BCUT2D eigenvalue weighted by Gasteiger charge is 2.31. The number of rotatable bonds is 10. The number of nitrogens with one attached hydrogen (secondary N) is 2. The lowest BCUT2D eigenvalue weighted by Crippen LogP contribution is -2.45. The molecule has 314 valence electrons. The second-order valence-corrected chi connectivity index (χ2v) is 16.8. The Balaban J connectivity index is 0.00000171. The van der Waals surface area contributed by atoms with E-state index in [0.29, 0.717) is 18.5 Å². The van der Waals surface area contributed by atoms with Crippen molar-refractivity contribution in [3.63, 3.8) is 0 Å². The number of hydrogen-bond donors (Lipinski definition) is 3. The summed E-state index contributed by atoms with van der Waals surface area (Å²) < 4.78 is 16.8. The highest BCUT2D eigenvalue weighted by atomic mass is 16.5. The van der Waals surface area contributed by atoms with E-state index in [2.05, 4.69) is 86.8 Å². The van der Waals surface area contributed by atoms with E-state index in [1.54, 1.807) is 4.68 Å². The van der Waals surface area contributed by atoms with E-state index in [1.165, 1.54) is 6.42 Å². The minimum Gasteiger partial charge on any atom is -0.492 e. The summed E-state index contributed by atoms with van der Waals surface area (Å²) in [6.45, 7) is 15.1. The van der Waals surface area contributed by atoms with Gasteiger partial charge in [0.2, 0.25) is 5.95 Å². The maximum atomic E-state index is 13.8. The van der Waals surface area contributed by atoms with Gasteiger partial charge in [0.05, 0.1) is 23.6 Å². The van der Waals surface area contributed by atoms with Gasteiger partial charge in [0.1, 0.15) is 30.0 Å². The molecule has 2 fully saturated rings. The molecule has 0 unspecified atom stereocenters. The summed E-state index contributed by atoms with van der Waals surface area (Å²) in [5.41, 5.74) is 4.40. The molecule has 0 saturated carbocycles. The van der Waals surface area contributed by atoms with E-state index in [4.69, 9.17) is 24.5 Å². The number of piperazine rings is 1. The van der Waals surface area contributed by atoms with E-state index in [1.807, 2.05) is 60.8 Å². The lowest BCUT2D eigenvalue weighted by atomic mass is 9.85. The molecular formula is C44H58N10O5. The molecule has 59 heavy (non-hydrogen) atoms. The average molecular weight is 807 g/mol. The standard InChI is InChI=1S/C43H56N10O3.CH2O2/c1-30-11-8-9-20-51(30)42-47-46-39-19-16-33(29-52(39)42)56-37-18-17-36(34-14-6-7-15-35(34)37)44-41(54)45-40-28-38(43(2,3)4)48-53(40)31-12-10-13-32(27-31)55-26-25-50-23-21-49(5)22-24-50;2-1-3/h6-7,10,12-16,19,27-30,36-37H,8-9,11,17-18,20-26H2,1-5H3,(H2,44,45,54);1H,(H,2,3)/t30-,36-,37+;/m0./s1. The number of carboxylic acid groups (broad SMARTS) is 1. The molecule has 5 heterocycles. The van der Waals surface area contributed by atoms with Crippen LogP contribution in [0.15, 0.2) is 72.9 Å². The first-order valence-electron chi connectivity index (χ1n) is 20.8. The van der Waals surface area contributed by atoms with Crippen molar-refractivity contribution < 1.29 is 24.2 Å². The summed E-state index contributed by atoms with van der Waals surface area (Å²) >= 11 is 0. The lowest BCUT2D eigenvalue weighted by molar-refractivity contribution is -0.122. The average Bonchev–Trinajstić information content (AvgIpc) is 3.85. The number of likely N-dealkylation sites (N-methyl/N-ethyl adjacent to an activating group) is 1. The number of fused-ring (bicyclic) bond motifs is 2. The molecule has 2 amide bonds. The van der Waals surface area contributed by atoms with Gasteiger partial charge < -0.3 is 29.7 Å². The van der Waals surface area contributed by atoms with Crippen LogP contribution < -0.4 is 25.0 Å². The summed E-state index contributed by atoms with van der Waals surface area (Å²) in [5.74, 6) is 2.99. The zero-order chi connectivity index (χ0) is 41.5. The fourth-order valence-corrected chi connectivity index (χ4v) is 8.12. The molecule has 15 heteroatoms. The highest BCUT2D eigenvalue weighted by molar-refractivity contribution is 5.89. The summed E-state index contributed by atoms with van der Waals surface area (Å²) in [4.78, 5) is 29.3. The first-order valence-corrected chi connectivity index (χ1v) is 20.8. The van der Waals surface area contributed by atoms with Crippen molar-refractivity contribution >= 4 is 29.9 Å². The SMILES string of the molecule is C[C@H]1CCCCN1c1nnc2ccc(O[C@@H]3CC[C@H](NC(=O)Nc4cc(C(C)(C)C)nn4-c4cccc(OCCN5CCN(C)CC5)c4)c4ccccc43)cn12.O=CO. The van der Waals surface area contributed by atoms with Crippen LogP contribution in [0.4, 0.5) is 16.6 Å². The molecular weight excluding hydrogens is 749 g/mol. The first-order chi connectivity index (χ1) is 28.5. The van der Waals surface area contributed by atoms with Gasteiger partial charge in [0.15, 0.2) is 5.65 Å². The van der Waals surface area contributed by atoms with Crippen LogP contribution in [0.2, 0.25) is 0 Å². The number of carbonyl (C=O) groups is 2. The third kappa shape index (κ3) is 9.97. The molecule has 1 aliphatic carbocycles. The van der Waals surface area contributed by atoms with Gasteiger partial charge >= 0.3 is 6.03 Å². The smallest absolute Gasteiger partial charge is 0.320 e. The van der Waals surface area contributed by atoms with Crippen LogP contribution >= 0.6 is 0 Å². The molecule has 2 aliphatic heterocycles. The second kappa shape index (κ2) is 18.5. The van der Waals surface area contributed by atoms with Crippen molar-refractivity contribution in [1.29, 1.82) is 0 Å². The molecule has 3 aliphatic rings. The maximum absolute atomic E-state index is 13.8. The van der Waals surface area contributed by atoms with Crippen molar-refractivity contribution in [3.8, 4) is 17.2 Å². The van der Waals surface area contributed by atoms with Crippen molar-refractivity contribution in [2.45, 2.75) is 83.4 Å². The number of pyridine rings is 1. The van der Waals surface area contributed by atoms with E-state index < -0.39 is 0 Å². The van der Waals surface area contributed by atoms with Crippen LogP contribution in [0, 0.1) is 0 Å². The molecule has 0 bridgehead atoms. The topological polar surface area (TPSA) is 155 Å². The van der Waals surface area contributed by atoms with Crippen molar-refractivity contribution in [3.05, 3.63) is 89.7 Å². The van der Waals surface area contributed by atoms with Crippen molar-refractivity contribution in [2.24, 2.45) is 0 Å². The predicted molar refractivity (Wildman–Crippen MR) is 228 cm³/mol. The molecule has 0 radical (unpaired) electrons. The van der Waals surface area contributed by atoms with Gasteiger partial charge in [0, 0.05) is 62.9 Å². The number of anilines is 2. The third-order valence-corrected chi connectivity index (χ3v) is 11.5. The molecule has 3 atom stereocenters. The Morgan fingerprint density at radius 3 is 2.46 bits per heavy atom. The Bertz CT molecular complexity index is 2190. The Morgan fingerprint density at radius 2 is 1.69 bits per heavy atom. The van der Waals surface area contributed by atoms with Gasteiger partial charge in [-0.15, -0.1) is 10.2 Å². The second-order valence-electron chi connectivity index (χ2n) is 16.8. The molecule has 2 saturated heterocycles. The van der Waals surface area contributed by atoms with Crippen LogP contribution in [0.1, 0.15) is 88.8 Å². The quantitative estimate of drug-likeness (QED) is 0.129. The summed E-state index contributed by atoms with van der Waals surface area (Å²) in [6, 6.07) is 22.0. The largest absolute Gasteiger partial charge is 0.492 e. The number of nitrogens with zero attached hydrogens (tertiary/aromatic N) is 8. The number of piperidine rings is 1. The molecule has 2 aromatic carbocycles. The number of carbonyl (C=O) groups excluding carboxylic acids is 1. The van der Waals surface area contributed by atoms with Crippen molar-refractivity contribution in [2.75, 3.05) is 63.1 Å². The van der Waals surface area contributed by atoms with Gasteiger partial charge in [0.25, 0.3) is 6.47 Å². The molecule has 3 aromatic heterocycles. The number of hydrogen-bond acceptors (Lipinski definition) is 10. The number of amides is 2. The van der Waals surface area contributed by atoms with E-state index in [9.17, 15) is 4.79 Å². The van der Waals surface area contributed by atoms with Crippen molar-refractivity contribution in [1.82, 2.24) is 39.5 Å². The summed E-state index contributed by atoms with van der Waals surface area (Å²) in [7, 11) is 2.17. The lowest BCUT2D eigenvalue weighted by Gasteiger charge is -2.33. The van der Waals surface area contributed by atoms with Gasteiger partial charge in [-0.1, -0.05) is 51.1 Å². The third-order valence-electron chi connectivity index (χ3n) is 11.5. The summed E-state index contributed by atoms with van der Waals surface area (Å²) in [5, 5.41) is 27.3. The number of urea groups is 1. The number of benzene rings is 2.